The van der Waals surface area contributed by atoms with E-state index in [0.717, 1.165) is 40.1 Å². The molecule has 0 aliphatic rings. The van der Waals surface area contributed by atoms with Crippen molar-refractivity contribution < 1.29 is 62.1 Å². The fourth-order valence-electron chi connectivity index (χ4n) is 5.20. The number of benzene rings is 3. The molecule has 0 aliphatic heterocycles. The van der Waals surface area contributed by atoms with Crippen LogP contribution >= 0.6 is 0 Å². The van der Waals surface area contributed by atoms with E-state index in [2.05, 4.69) is 27.1 Å². The number of aromatic nitrogens is 6. The van der Waals surface area contributed by atoms with Crippen LogP contribution < -0.4 is 67.4 Å². The maximum absolute atomic E-state index is 14.1. The Morgan fingerprint density at radius 2 is 1.70 bits per heavy atom. The van der Waals surface area contributed by atoms with Crippen LogP contribution in [-0.4, -0.2) is 35.4 Å². The summed E-state index contributed by atoms with van der Waals surface area (Å²) >= 11 is 0. The summed E-state index contributed by atoms with van der Waals surface area (Å²) in [7, 11) is 0. The predicted octanol–water partition coefficient (Wildman–Crippen LogP) is 2.34. The summed E-state index contributed by atoms with van der Waals surface area (Å²) < 4.78 is 13.9. The van der Waals surface area contributed by atoms with Crippen molar-refractivity contribution >= 4 is 5.78 Å². The van der Waals surface area contributed by atoms with Crippen LogP contribution in [0.5, 0.6) is 5.75 Å². The molecule has 0 aliphatic carbocycles. The number of aryl methyl sites for hydroxylation is 1. The molecule has 214 valence electrons. The number of fused-ring (bicyclic) bond motifs is 1. The molecule has 0 spiro atoms. The number of hydrogen-bond donors (Lipinski definition) is 1. The Bertz CT molecular complexity index is 1980. The summed E-state index contributed by atoms with van der Waals surface area (Å²) in [6.45, 7) is 6.03. The molecule has 0 saturated heterocycles. The van der Waals surface area contributed by atoms with Crippen molar-refractivity contribution in [3.63, 3.8) is 0 Å². The topological polar surface area (TPSA) is 120 Å². The van der Waals surface area contributed by atoms with Crippen molar-refractivity contribution in [2.45, 2.75) is 46.1 Å². The molecule has 3 heterocycles. The molecule has 10 nitrogen and oxygen atoms in total. The Kier molecular flexibility index (Phi) is 9.57. The second-order valence-electron chi connectivity index (χ2n) is 10.3. The largest absolute Gasteiger partial charge is 1.00 e. The van der Waals surface area contributed by atoms with Crippen molar-refractivity contribution in [3.05, 3.63) is 117 Å². The van der Waals surface area contributed by atoms with Gasteiger partial charge in [-0.25, -0.2) is 13.9 Å². The average molecular weight is 603 g/mol. The summed E-state index contributed by atoms with van der Waals surface area (Å²) in [4.78, 5) is 32.7. The molecular weight excluding hydrogens is 571 g/mol. The van der Waals surface area contributed by atoms with Gasteiger partial charge in [0.05, 0.1) is 17.5 Å². The maximum atomic E-state index is 14.1. The first-order chi connectivity index (χ1) is 20.4. The molecule has 0 saturated carbocycles. The van der Waals surface area contributed by atoms with E-state index in [-0.39, 0.29) is 64.5 Å². The van der Waals surface area contributed by atoms with E-state index >= 15 is 0 Å². The molecule has 0 unspecified atom stereocenters. The van der Waals surface area contributed by atoms with Crippen LogP contribution in [-0.2, 0) is 12.8 Å². The molecule has 6 rings (SSSR count). The summed E-state index contributed by atoms with van der Waals surface area (Å²) in [6.07, 6.45) is 3.50. The van der Waals surface area contributed by atoms with Crippen LogP contribution in [0, 0.1) is 0 Å². The van der Waals surface area contributed by atoms with E-state index in [0.29, 0.717) is 35.7 Å². The molecule has 0 atom stereocenters. The van der Waals surface area contributed by atoms with Crippen molar-refractivity contribution in [1.82, 2.24) is 29.3 Å². The molecular formula is C32H31KN6O4. The van der Waals surface area contributed by atoms with E-state index in [1.54, 1.807) is 9.08 Å². The van der Waals surface area contributed by atoms with Crippen molar-refractivity contribution in [3.8, 4) is 34.0 Å². The van der Waals surface area contributed by atoms with E-state index < -0.39 is 5.76 Å². The third-order valence-electron chi connectivity index (χ3n) is 7.02. The number of nitrogens with zero attached hydrogens (tertiary/aromatic N) is 5. The molecule has 0 radical (unpaired) electrons. The van der Waals surface area contributed by atoms with E-state index in [1.807, 2.05) is 86.6 Å². The number of aromatic amines is 1. The van der Waals surface area contributed by atoms with Gasteiger partial charge in [-0.2, -0.15) is 10.1 Å². The molecule has 6 aromatic rings. The summed E-state index contributed by atoms with van der Waals surface area (Å²) in [5, 5.41) is 8.35. The van der Waals surface area contributed by atoms with Crippen LogP contribution in [0.25, 0.3) is 34.0 Å². The van der Waals surface area contributed by atoms with Gasteiger partial charge in [0.15, 0.2) is 5.82 Å². The van der Waals surface area contributed by atoms with Crippen LogP contribution in [0.2, 0.25) is 0 Å². The average Bonchev–Trinajstić information content (AvgIpc) is 3.65. The SMILES string of the molecule is CCCc1c(Cc2ccc(-c3ccccc3-c3noc(=O)[nH]3)cc2)c(=O)n(-c2ccc(OC(C)C)cc2)c2ncnn12.[H-].[K+]. The minimum Gasteiger partial charge on any atom is -1.00 e. The smallest absolute Gasteiger partial charge is 1.00 e. The fourth-order valence-corrected chi connectivity index (χ4v) is 5.20. The van der Waals surface area contributed by atoms with Gasteiger partial charge in [0.25, 0.3) is 5.56 Å². The zero-order valence-electron chi connectivity index (χ0n) is 25.6. The minimum absolute atomic E-state index is 0. The predicted molar refractivity (Wildman–Crippen MR) is 160 cm³/mol. The zero-order chi connectivity index (χ0) is 29.2. The van der Waals surface area contributed by atoms with Gasteiger partial charge in [-0.3, -0.25) is 14.3 Å². The molecule has 0 fully saturated rings. The second-order valence-corrected chi connectivity index (χ2v) is 10.3. The number of H-pyrrole nitrogens is 1. The number of hydrogen-bond acceptors (Lipinski definition) is 7. The maximum Gasteiger partial charge on any atom is 1.00 e. The Morgan fingerprint density at radius 1 is 0.977 bits per heavy atom. The molecule has 3 aromatic carbocycles. The van der Waals surface area contributed by atoms with Crippen LogP contribution in [0.4, 0.5) is 0 Å². The standard InChI is InChI=1S/C32H30N6O4.K.H/c1-4-7-28-27(30(39)37(31-33-19-34-38(28)31)23-14-16-24(17-15-23)41-20(2)3)18-21-10-12-22(13-11-21)25-8-5-6-9-26(25)29-35-32(40)42-36-29;;/h5-6,8-17,19-20H,4,7,18H2,1-3H3,(H,35,36,40);;/q;+1;-1. The molecule has 43 heavy (non-hydrogen) atoms. The molecule has 0 bridgehead atoms. The monoisotopic (exact) mass is 602 g/mol. The number of rotatable bonds is 9. The quantitative estimate of drug-likeness (QED) is 0.252. The first-order valence-electron chi connectivity index (χ1n) is 13.9. The summed E-state index contributed by atoms with van der Waals surface area (Å²) in [5.74, 6) is 0.975. The molecule has 11 heteroatoms. The van der Waals surface area contributed by atoms with Crippen LogP contribution in [0.1, 0.15) is 45.4 Å². The number of ether oxygens (including phenoxy) is 1. The number of nitrogens with one attached hydrogen (secondary N) is 1. The van der Waals surface area contributed by atoms with Crippen molar-refractivity contribution in [2.75, 3.05) is 0 Å². The third-order valence-corrected chi connectivity index (χ3v) is 7.02. The molecule has 1 N–H and O–H groups in total. The van der Waals surface area contributed by atoms with Crippen molar-refractivity contribution in [1.29, 1.82) is 0 Å². The zero-order valence-corrected chi connectivity index (χ0v) is 27.7. The van der Waals surface area contributed by atoms with E-state index in [4.69, 9.17) is 9.26 Å². The minimum atomic E-state index is -0.604. The normalized spacial score (nSPS) is 11.2. The Labute approximate surface area is 291 Å². The Hall–Kier alpha value is -3.61. The van der Waals surface area contributed by atoms with E-state index in [1.165, 1.54) is 6.33 Å². The van der Waals surface area contributed by atoms with Gasteiger partial charge in [-0.15, -0.1) is 0 Å². The van der Waals surface area contributed by atoms with E-state index in [9.17, 15) is 9.59 Å². The summed E-state index contributed by atoms with van der Waals surface area (Å²) in [6, 6.07) is 23.1. The molecule has 0 amide bonds. The van der Waals surface area contributed by atoms with Gasteiger partial charge in [0.2, 0.25) is 5.78 Å². The third kappa shape index (κ3) is 6.36. The first kappa shape index (κ1) is 30.8. The molecule has 3 aromatic heterocycles. The second kappa shape index (κ2) is 13.4. The van der Waals surface area contributed by atoms with Gasteiger partial charge in [0, 0.05) is 17.5 Å². The van der Waals surface area contributed by atoms with Gasteiger partial charge in [0.1, 0.15) is 12.1 Å². The van der Waals surface area contributed by atoms with Crippen molar-refractivity contribution in [2.24, 2.45) is 0 Å². The van der Waals surface area contributed by atoms with Gasteiger partial charge in [-0.1, -0.05) is 67.0 Å². The van der Waals surface area contributed by atoms with Crippen LogP contribution in [0.15, 0.2) is 93.2 Å². The Balaban J connectivity index is 0.00000221. The summed E-state index contributed by atoms with van der Waals surface area (Å²) in [5.41, 5.74) is 5.67. The Morgan fingerprint density at radius 3 is 2.35 bits per heavy atom. The van der Waals surface area contributed by atoms with Crippen LogP contribution in [0.3, 0.4) is 0 Å². The van der Waals surface area contributed by atoms with Gasteiger partial charge >= 0.3 is 57.1 Å². The van der Waals surface area contributed by atoms with Gasteiger partial charge in [-0.05, 0) is 61.2 Å². The fraction of sp³-hybridized carbons (Fsp3) is 0.219. The first-order valence-corrected chi connectivity index (χ1v) is 13.9. The van der Waals surface area contributed by atoms with Gasteiger partial charge < -0.3 is 6.16 Å².